The highest BCUT2D eigenvalue weighted by atomic mass is 16.2. The lowest BCUT2D eigenvalue weighted by molar-refractivity contribution is 0.0692. The first-order valence-electron chi connectivity index (χ1n) is 8.50. The van der Waals surface area contributed by atoms with Gasteiger partial charge in [-0.3, -0.25) is 9.59 Å². The summed E-state index contributed by atoms with van der Waals surface area (Å²) in [7, 11) is 0. The van der Waals surface area contributed by atoms with Crippen molar-refractivity contribution < 1.29 is 9.59 Å². The third-order valence-electron chi connectivity index (χ3n) is 4.45. The third-order valence-corrected chi connectivity index (χ3v) is 4.45. The van der Waals surface area contributed by atoms with Crippen molar-refractivity contribution in [2.24, 2.45) is 0 Å². The lowest BCUT2D eigenvalue weighted by Crippen LogP contribution is -2.42. The number of aromatic amines is 1. The number of nitrogens with one attached hydrogen (secondary N) is 2. The second-order valence-corrected chi connectivity index (χ2v) is 6.15. The summed E-state index contributed by atoms with van der Waals surface area (Å²) in [6.45, 7) is 4.66. The lowest BCUT2D eigenvalue weighted by atomic mass is 10.0. The van der Waals surface area contributed by atoms with Crippen molar-refractivity contribution in [1.29, 1.82) is 0 Å². The minimum Gasteiger partial charge on any atom is -0.367 e. The normalized spacial score (nSPS) is 17.0. The van der Waals surface area contributed by atoms with Gasteiger partial charge in [0.15, 0.2) is 5.78 Å². The van der Waals surface area contributed by atoms with Crippen LogP contribution in [0.15, 0.2) is 42.7 Å². The maximum absolute atomic E-state index is 12.8. The Morgan fingerprint density at radius 3 is 2.46 bits per heavy atom. The van der Waals surface area contributed by atoms with Crippen LogP contribution >= 0.6 is 0 Å². The third kappa shape index (κ3) is 3.41. The number of ketones is 1. The van der Waals surface area contributed by atoms with Crippen LogP contribution in [0.4, 0.5) is 0 Å². The molecule has 1 atom stereocenters. The zero-order valence-corrected chi connectivity index (χ0v) is 13.9. The van der Waals surface area contributed by atoms with E-state index in [2.05, 4.69) is 17.2 Å². The Morgan fingerprint density at radius 2 is 1.88 bits per heavy atom. The molecule has 2 heterocycles. The molecule has 3 rings (SSSR count). The molecular formula is C19H23N3O2. The fourth-order valence-electron chi connectivity index (χ4n) is 3.16. The molecule has 0 radical (unpaired) electrons. The second-order valence-electron chi connectivity index (χ2n) is 6.15. The highest BCUT2D eigenvalue weighted by Crippen LogP contribution is 2.16. The molecule has 24 heavy (non-hydrogen) atoms. The number of benzene rings is 1. The summed E-state index contributed by atoms with van der Waals surface area (Å²) in [5.41, 5.74) is 1.86. The van der Waals surface area contributed by atoms with Gasteiger partial charge in [0, 0.05) is 48.2 Å². The summed E-state index contributed by atoms with van der Waals surface area (Å²) in [5, 5.41) is 3.32. The number of amides is 1. The SMILES string of the molecule is CCCN(C(=O)c1ccc(C(=O)c2cc[nH]c2)cc1)C1CCNC1. The Morgan fingerprint density at radius 1 is 1.12 bits per heavy atom. The van der Waals surface area contributed by atoms with E-state index in [9.17, 15) is 9.59 Å². The van der Waals surface area contributed by atoms with Crippen LogP contribution in [0.5, 0.6) is 0 Å². The molecule has 1 fully saturated rings. The van der Waals surface area contributed by atoms with E-state index in [1.807, 2.05) is 4.90 Å². The van der Waals surface area contributed by atoms with Crippen molar-refractivity contribution >= 4 is 11.7 Å². The molecule has 1 unspecified atom stereocenters. The molecule has 2 N–H and O–H groups in total. The van der Waals surface area contributed by atoms with Gasteiger partial charge in [0.25, 0.3) is 5.91 Å². The number of aromatic nitrogens is 1. The first kappa shape index (κ1) is 16.5. The summed E-state index contributed by atoms with van der Waals surface area (Å²) in [5.74, 6) is 0.00634. The second kappa shape index (κ2) is 7.45. The number of hydrogen-bond donors (Lipinski definition) is 2. The fraction of sp³-hybridized carbons (Fsp3) is 0.368. The summed E-state index contributed by atoms with van der Waals surface area (Å²) < 4.78 is 0. The molecule has 1 saturated heterocycles. The van der Waals surface area contributed by atoms with Gasteiger partial charge in [-0.25, -0.2) is 0 Å². The van der Waals surface area contributed by atoms with Crippen LogP contribution in [0.1, 0.15) is 46.0 Å². The average molecular weight is 325 g/mol. The van der Waals surface area contributed by atoms with Gasteiger partial charge in [-0.2, -0.15) is 0 Å². The number of rotatable bonds is 6. The molecule has 0 spiro atoms. The number of nitrogens with zero attached hydrogens (tertiary/aromatic N) is 1. The molecule has 0 aliphatic carbocycles. The van der Waals surface area contributed by atoms with Gasteiger partial charge in [-0.1, -0.05) is 19.1 Å². The zero-order valence-electron chi connectivity index (χ0n) is 13.9. The lowest BCUT2D eigenvalue weighted by Gasteiger charge is -2.28. The van der Waals surface area contributed by atoms with E-state index in [4.69, 9.17) is 0 Å². The first-order chi connectivity index (χ1) is 11.7. The van der Waals surface area contributed by atoms with Crippen LogP contribution in [0.3, 0.4) is 0 Å². The zero-order chi connectivity index (χ0) is 16.9. The largest absolute Gasteiger partial charge is 0.367 e. The molecule has 1 aromatic heterocycles. The van der Waals surface area contributed by atoms with Crippen LogP contribution < -0.4 is 5.32 Å². The molecule has 1 aliphatic rings. The van der Waals surface area contributed by atoms with Gasteiger partial charge in [-0.05, 0) is 37.6 Å². The van der Waals surface area contributed by atoms with Crippen molar-refractivity contribution in [2.75, 3.05) is 19.6 Å². The Balaban J connectivity index is 1.76. The standard InChI is InChI=1S/C19H23N3O2/c1-2-11-22(17-8-10-21-13-17)19(24)15-5-3-14(4-6-15)18(23)16-7-9-20-12-16/h3-7,9,12,17,20-21H,2,8,10-11,13H2,1H3. The van der Waals surface area contributed by atoms with Gasteiger partial charge in [0.2, 0.25) is 0 Å². The van der Waals surface area contributed by atoms with E-state index in [0.717, 1.165) is 32.5 Å². The number of hydrogen-bond acceptors (Lipinski definition) is 3. The maximum atomic E-state index is 12.8. The van der Waals surface area contributed by atoms with Gasteiger partial charge < -0.3 is 15.2 Å². The highest BCUT2D eigenvalue weighted by Gasteiger charge is 2.26. The van der Waals surface area contributed by atoms with Crippen LogP contribution in [-0.4, -0.2) is 47.3 Å². The Hall–Kier alpha value is -2.40. The smallest absolute Gasteiger partial charge is 0.254 e. The minimum atomic E-state index is -0.0411. The van der Waals surface area contributed by atoms with Gasteiger partial charge in [0.05, 0.1) is 0 Å². The number of carbonyl (C=O) groups is 2. The minimum absolute atomic E-state index is 0.0411. The molecule has 1 aliphatic heterocycles. The summed E-state index contributed by atoms with van der Waals surface area (Å²) in [6.07, 6.45) is 5.34. The summed E-state index contributed by atoms with van der Waals surface area (Å²) >= 11 is 0. The molecular weight excluding hydrogens is 302 g/mol. The van der Waals surface area contributed by atoms with Crippen molar-refractivity contribution in [3.8, 4) is 0 Å². The van der Waals surface area contributed by atoms with Gasteiger partial charge >= 0.3 is 0 Å². The Bertz CT molecular complexity index is 686. The van der Waals surface area contributed by atoms with Crippen molar-refractivity contribution in [3.63, 3.8) is 0 Å². The van der Waals surface area contributed by atoms with Crippen molar-refractivity contribution in [3.05, 3.63) is 59.4 Å². The monoisotopic (exact) mass is 325 g/mol. The topological polar surface area (TPSA) is 65.2 Å². The predicted molar refractivity (Wildman–Crippen MR) is 93.3 cm³/mol. The predicted octanol–water partition coefficient (Wildman–Crippen LogP) is 2.46. The van der Waals surface area contributed by atoms with E-state index < -0.39 is 0 Å². The maximum Gasteiger partial charge on any atom is 0.254 e. The Kier molecular flexibility index (Phi) is 5.11. The van der Waals surface area contributed by atoms with Crippen molar-refractivity contribution in [1.82, 2.24) is 15.2 Å². The molecule has 5 nitrogen and oxygen atoms in total. The van der Waals surface area contributed by atoms with E-state index in [1.165, 1.54) is 0 Å². The fourth-order valence-corrected chi connectivity index (χ4v) is 3.16. The number of carbonyl (C=O) groups excluding carboxylic acids is 2. The number of H-pyrrole nitrogens is 1. The van der Waals surface area contributed by atoms with Crippen LogP contribution in [0, 0.1) is 0 Å². The molecule has 1 aromatic carbocycles. The molecule has 126 valence electrons. The summed E-state index contributed by atoms with van der Waals surface area (Å²) in [6, 6.07) is 9.00. The van der Waals surface area contributed by atoms with E-state index in [0.29, 0.717) is 16.7 Å². The molecule has 0 bridgehead atoms. The first-order valence-corrected chi connectivity index (χ1v) is 8.50. The molecule has 2 aromatic rings. The van der Waals surface area contributed by atoms with Crippen LogP contribution in [-0.2, 0) is 0 Å². The Labute approximate surface area is 142 Å². The quantitative estimate of drug-likeness (QED) is 0.802. The highest BCUT2D eigenvalue weighted by molar-refractivity contribution is 6.09. The van der Waals surface area contributed by atoms with E-state index >= 15 is 0 Å². The van der Waals surface area contributed by atoms with E-state index in [1.54, 1.807) is 42.7 Å². The van der Waals surface area contributed by atoms with Gasteiger partial charge in [-0.15, -0.1) is 0 Å². The molecule has 0 saturated carbocycles. The average Bonchev–Trinajstić information content (AvgIpc) is 3.32. The van der Waals surface area contributed by atoms with E-state index in [-0.39, 0.29) is 17.7 Å². The summed E-state index contributed by atoms with van der Waals surface area (Å²) in [4.78, 5) is 30.0. The molecule has 1 amide bonds. The van der Waals surface area contributed by atoms with Gasteiger partial charge in [0.1, 0.15) is 0 Å². The van der Waals surface area contributed by atoms with Crippen LogP contribution in [0.2, 0.25) is 0 Å². The van der Waals surface area contributed by atoms with Crippen molar-refractivity contribution in [2.45, 2.75) is 25.8 Å². The molecule has 5 heteroatoms. The van der Waals surface area contributed by atoms with Crippen LogP contribution in [0.25, 0.3) is 0 Å².